The topological polar surface area (TPSA) is 49.4 Å². The molecule has 0 bridgehead atoms. The van der Waals surface area contributed by atoms with Gasteiger partial charge in [-0.2, -0.15) is 0 Å². The molecule has 0 fully saturated rings. The summed E-state index contributed by atoms with van der Waals surface area (Å²) < 4.78 is 5.19. The molecule has 0 saturated heterocycles. The molecule has 0 radical (unpaired) electrons. The Kier molecular flexibility index (Phi) is 5.92. The van der Waals surface area contributed by atoms with Crippen molar-refractivity contribution in [3.8, 4) is 11.5 Å². The molecule has 86 valence electrons. The number of para-hydroxylation sites is 2. The van der Waals surface area contributed by atoms with Crippen molar-refractivity contribution in [1.29, 1.82) is 0 Å². The first-order chi connectivity index (χ1) is 8.27. The maximum absolute atomic E-state index is 11.7. The summed E-state index contributed by atoms with van der Waals surface area (Å²) in [6, 6.07) is 15.1. The summed E-state index contributed by atoms with van der Waals surface area (Å²) in [5.41, 5.74) is 0.580. The largest absolute Gasteiger partial charge is 1.00 e. The van der Waals surface area contributed by atoms with Crippen LogP contribution in [0.1, 0.15) is 10.4 Å². The molecule has 0 aliphatic carbocycles. The summed E-state index contributed by atoms with van der Waals surface area (Å²) >= 11 is 0. The second-order valence-electron chi connectivity index (χ2n) is 3.52. The van der Waals surface area contributed by atoms with Gasteiger partial charge in [0.1, 0.15) is 5.75 Å². The van der Waals surface area contributed by atoms with Gasteiger partial charge in [-0.05, 0) is 6.07 Å². The molecule has 3 nitrogen and oxygen atoms in total. The van der Waals surface area contributed by atoms with Crippen LogP contribution in [0.5, 0.6) is 11.5 Å². The number of carbonyl (C=O) groups is 1. The van der Waals surface area contributed by atoms with Crippen LogP contribution in [-0.2, 0) is 0 Å². The third-order valence-electron chi connectivity index (χ3n) is 2.30. The van der Waals surface area contributed by atoms with Crippen molar-refractivity contribution >= 4 is 5.78 Å². The zero-order valence-corrected chi connectivity index (χ0v) is 12.1. The van der Waals surface area contributed by atoms with E-state index in [9.17, 15) is 9.90 Å². The maximum atomic E-state index is 11.7. The van der Waals surface area contributed by atoms with E-state index in [1.54, 1.807) is 42.5 Å². The van der Waals surface area contributed by atoms with Crippen molar-refractivity contribution in [1.82, 2.24) is 0 Å². The van der Waals surface area contributed by atoms with E-state index < -0.39 is 0 Å². The Labute approximate surface area is 128 Å². The third-order valence-corrected chi connectivity index (χ3v) is 2.30. The molecule has 0 heterocycles. The van der Waals surface area contributed by atoms with Crippen LogP contribution in [0, 0.1) is 0 Å². The zero-order chi connectivity index (χ0) is 12.1. The van der Waals surface area contributed by atoms with Gasteiger partial charge in [0.25, 0.3) is 0 Å². The van der Waals surface area contributed by atoms with Crippen molar-refractivity contribution in [2.45, 2.75) is 0 Å². The second kappa shape index (κ2) is 7.21. The van der Waals surface area contributed by atoms with Crippen LogP contribution in [0.4, 0.5) is 0 Å². The van der Waals surface area contributed by atoms with E-state index in [0.717, 1.165) is 0 Å². The Morgan fingerprint density at radius 1 is 1.00 bits per heavy atom. The van der Waals surface area contributed by atoms with E-state index in [4.69, 9.17) is 4.74 Å². The standard InChI is InChI=1S/C14H12O3.Na/c15-12-8-4-5-9-14(12)17-10-13(16)11-6-2-1-3-7-11;/h1-9,15H,10H2;/q;+1/p-1. The van der Waals surface area contributed by atoms with Crippen LogP contribution in [0.3, 0.4) is 0 Å². The Balaban J connectivity index is 0.00000162. The average Bonchev–Trinajstić information content (AvgIpc) is 2.38. The molecular formula is C14H11NaO3. The summed E-state index contributed by atoms with van der Waals surface area (Å²) in [6.45, 7) is -0.122. The molecule has 0 atom stereocenters. The summed E-state index contributed by atoms with van der Waals surface area (Å²) in [6.07, 6.45) is 0. The van der Waals surface area contributed by atoms with E-state index in [1.165, 1.54) is 6.07 Å². The first-order valence-corrected chi connectivity index (χ1v) is 5.24. The smallest absolute Gasteiger partial charge is 0.870 e. The SMILES string of the molecule is O=C(COc1ccccc1[O-])c1ccccc1.[Na+]. The van der Waals surface area contributed by atoms with Crippen LogP contribution in [0.25, 0.3) is 0 Å². The van der Waals surface area contributed by atoms with Crippen molar-refractivity contribution in [3.05, 3.63) is 60.2 Å². The van der Waals surface area contributed by atoms with Crippen molar-refractivity contribution in [3.63, 3.8) is 0 Å². The summed E-state index contributed by atoms with van der Waals surface area (Å²) in [5.74, 6) is -0.154. The molecular weight excluding hydrogens is 239 g/mol. The Bertz CT molecular complexity index is 511. The minimum absolute atomic E-state index is 0. The first-order valence-electron chi connectivity index (χ1n) is 5.24. The number of rotatable bonds is 4. The van der Waals surface area contributed by atoms with Crippen molar-refractivity contribution < 1.29 is 44.2 Å². The molecule has 0 aliphatic heterocycles. The van der Waals surface area contributed by atoms with Crippen LogP contribution in [0.15, 0.2) is 54.6 Å². The minimum atomic E-state index is -0.214. The molecule has 0 aromatic heterocycles. The van der Waals surface area contributed by atoms with Gasteiger partial charge in [0.15, 0.2) is 12.4 Å². The van der Waals surface area contributed by atoms with Crippen LogP contribution >= 0.6 is 0 Å². The number of benzene rings is 2. The van der Waals surface area contributed by atoms with Gasteiger partial charge >= 0.3 is 29.6 Å². The maximum Gasteiger partial charge on any atom is 1.00 e. The molecule has 0 saturated carbocycles. The Morgan fingerprint density at radius 2 is 1.61 bits per heavy atom. The van der Waals surface area contributed by atoms with Crippen LogP contribution in [0.2, 0.25) is 0 Å². The van der Waals surface area contributed by atoms with E-state index >= 15 is 0 Å². The molecule has 0 N–H and O–H groups in total. The fourth-order valence-electron chi connectivity index (χ4n) is 1.42. The molecule has 2 rings (SSSR count). The van der Waals surface area contributed by atoms with Crippen molar-refractivity contribution in [2.75, 3.05) is 6.61 Å². The first kappa shape index (κ1) is 14.8. The number of hydrogen-bond acceptors (Lipinski definition) is 3. The molecule has 2 aromatic rings. The Morgan fingerprint density at radius 3 is 2.28 bits per heavy atom. The average molecular weight is 250 g/mol. The molecule has 2 aromatic carbocycles. The number of Topliss-reactive ketones (excluding diaryl/α,β-unsaturated/α-hetero) is 1. The predicted octanol–water partition coefficient (Wildman–Crippen LogP) is -0.974. The molecule has 0 amide bonds. The van der Waals surface area contributed by atoms with E-state index in [-0.39, 0.29) is 53.4 Å². The third kappa shape index (κ3) is 3.88. The van der Waals surface area contributed by atoms with Gasteiger partial charge in [0.05, 0.1) is 0 Å². The van der Waals surface area contributed by atoms with Crippen LogP contribution in [-0.4, -0.2) is 12.4 Å². The predicted molar refractivity (Wildman–Crippen MR) is 62.2 cm³/mol. The number of hydrogen-bond donors (Lipinski definition) is 0. The number of ether oxygens (including phenoxy) is 1. The van der Waals surface area contributed by atoms with Crippen LogP contribution < -0.4 is 39.4 Å². The van der Waals surface area contributed by atoms with E-state index in [0.29, 0.717) is 5.56 Å². The van der Waals surface area contributed by atoms with Gasteiger partial charge in [-0.25, -0.2) is 0 Å². The molecule has 0 aliphatic rings. The Hall–Kier alpha value is -1.29. The molecule has 0 unspecified atom stereocenters. The van der Waals surface area contributed by atoms with Gasteiger partial charge < -0.3 is 9.84 Å². The molecule has 18 heavy (non-hydrogen) atoms. The van der Waals surface area contributed by atoms with E-state index in [2.05, 4.69) is 0 Å². The monoisotopic (exact) mass is 250 g/mol. The van der Waals surface area contributed by atoms with Gasteiger partial charge in [0.2, 0.25) is 0 Å². The summed E-state index contributed by atoms with van der Waals surface area (Å²) in [4.78, 5) is 11.7. The van der Waals surface area contributed by atoms with Crippen molar-refractivity contribution in [2.24, 2.45) is 0 Å². The fraction of sp³-hybridized carbons (Fsp3) is 0.0714. The normalized spacial score (nSPS) is 9.33. The van der Waals surface area contributed by atoms with Gasteiger partial charge in [0, 0.05) is 5.56 Å². The number of ketones is 1. The van der Waals surface area contributed by atoms with Gasteiger partial charge in [-0.15, -0.1) is 0 Å². The second-order valence-corrected chi connectivity index (χ2v) is 3.52. The fourth-order valence-corrected chi connectivity index (χ4v) is 1.42. The van der Waals surface area contributed by atoms with Gasteiger partial charge in [-0.1, -0.05) is 54.3 Å². The molecule has 4 heteroatoms. The van der Waals surface area contributed by atoms with Gasteiger partial charge in [-0.3, -0.25) is 4.79 Å². The van der Waals surface area contributed by atoms with E-state index in [1.807, 2.05) is 6.07 Å². The zero-order valence-electron chi connectivity index (χ0n) is 10.1. The number of carbonyl (C=O) groups excluding carboxylic acids is 1. The minimum Gasteiger partial charge on any atom is -0.870 e. The molecule has 0 spiro atoms. The summed E-state index contributed by atoms with van der Waals surface area (Å²) in [5, 5.41) is 11.3. The quantitative estimate of drug-likeness (QED) is 0.518. The summed E-state index contributed by atoms with van der Waals surface area (Å²) in [7, 11) is 0.